The topological polar surface area (TPSA) is 12.9 Å². The van der Waals surface area contributed by atoms with Crippen molar-refractivity contribution in [1.29, 1.82) is 0 Å². The number of fused-ring (bicyclic) bond motifs is 1. The summed E-state index contributed by atoms with van der Waals surface area (Å²) < 4.78 is 0. The first-order valence-electron chi connectivity index (χ1n) is 7.08. The summed E-state index contributed by atoms with van der Waals surface area (Å²) in [6.45, 7) is 11.5. The van der Waals surface area contributed by atoms with E-state index in [1.54, 1.807) is 11.1 Å². The molecule has 0 saturated heterocycles. The van der Waals surface area contributed by atoms with Gasteiger partial charge in [0.05, 0.1) is 0 Å². The van der Waals surface area contributed by atoms with Crippen LogP contribution in [0.4, 0.5) is 0 Å². The van der Waals surface area contributed by atoms with E-state index in [1.165, 1.54) is 42.6 Å². The van der Waals surface area contributed by atoms with E-state index in [4.69, 9.17) is 4.98 Å². The molecule has 1 heteroatoms. The average molecular weight is 231 g/mol. The summed E-state index contributed by atoms with van der Waals surface area (Å²) in [5, 5.41) is 0. The smallest absolute Gasteiger partial charge is 0.0464 e. The Labute approximate surface area is 106 Å². The lowest BCUT2D eigenvalue weighted by molar-refractivity contribution is 0.703. The van der Waals surface area contributed by atoms with Crippen LogP contribution in [-0.2, 0) is 12.8 Å². The minimum Gasteiger partial charge on any atom is -0.257 e. The van der Waals surface area contributed by atoms with Gasteiger partial charge in [0, 0.05) is 11.4 Å². The van der Waals surface area contributed by atoms with Gasteiger partial charge in [-0.1, -0.05) is 27.7 Å². The van der Waals surface area contributed by atoms with Gasteiger partial charge in [0.25, 0.3) is 0 Å². The van der Waals surface area contributed by atoms with Crippen LogP contribution >= 0.6 is 0 Å². The van der Waals surface area contributed by atoms with Crippen LogP contribution in [0.2, 0.25) is 0 Å². The number of nitrogens with zero attached hydrogens (tertiary/aromatic N) is 1. The van der Waals surface area contributed by atoms with Gasteiger partial charge >= 0.3 is 0 Å². The van der Waals surface area contributed by atoms with E-state index in [9.17, 15) is 0 Å². The zero-order valence-electron chi connectivity index (χ0n) is 11.9. The molecule has 0 bridgehead atoms. The molecule has 1 nitrogen and oxygen atoms in total. The number of aromatic nitrogens is 1. The molecule has 1 aliphatic rings. The molecule has 0 aromatic carbocycles. The molecule has 0 spiro atoms. The van der Waals surface area contributed by atoms with Crippen molar-refractivity contribution in [1.82, 2.24) is 4.98 Å². The summed E-state index contributed by atoms with van der Waals surface area (Å²) in [6.07, 6.45) is 4.97. The lowest BCUT2D eigenvalue weighted by Gasteiger charge is -2.21. The lowest BCUT2D eigenvalue weighted by Crippen LogP contribution is -2.09. The van der Waals surface area contributed by atoms with Crippen molar-refractivity contribution in [2.45, 2.75) is 72.1 Å². The van der Waals surface area contributed by atoms with Crippen LogP contribution in [0.5, 0.6) is 0 Å². The first kappa shape index (κ1) is 12.6. The molecular weight excluding hydrogens is 206 g/mol. The molecule has 0 radical (unpaired) electrons. The van der Waals surface area contributed by atoms with Gasteiger partial charge in [-0.2, -0.15) is 0 Å². The van der Waals surface area contributed by atoms with Crippen LogP contribution in [0.1, 0.15) is 80.5 Å². The molecule has 0 N–H and O–H groups in total. The van der Waals surface area contributed by atoms with Gasteiger partial charge in [0.15, 0.2) is 0 Å². The van der Waals surface area contributed by atoms with E-state index in [0.29, 0.717) is 11.8 Å². The summed E-state index contributed by atoms with van der Waals surface area (Å²) in [4.78, 5) is 4.93. The van der Waals surface area contributed by atoms with Crippen LogP contribution < -0.4 is 0 Å². The maximum Gasteiger partial charge on any atom is 0.0464 e. The Morgan fingerprint density at radius 1 is 1.18 bits per heavy atom. The van der Waals surface area contributed by atoms with E-state index in [2.05, 4.69) is 34.6 Å². The highest BCUT2D eigenvalue weighted by Gasteiger charge is 2.24. The summed E-state index contributed by atoms with van der Waals surface area (Å²) in [5.74, 6) is 1.23. The Bertz CT molecular complexity index is 418. The summed E-state index contributed by atoms with van der Waals surface area (Å²) in [6, 6.07) is 0. The standard InChI is InChI=1S/C16H25N/c1-6-11(4)15-12(5)16(10(2)3)17-14-9-7-8-13(14)15/h10-11H,6-9H2,1-5H3. The molecule has 1 heterocycles. The third-order valence-corrected chi connectivity index (χ3v) is 4.21. The van der Waals surface area contributed by atoms with Gasteiger partial charge in [-0.15, -0.1) is 0 Å². The summed E-state index contributed by atoms with van der Waals surface area (Å²) in [7, 11) is 0. The van der Waals surface area contributed by atoms with Crippen molar-refractivity contribution < 1.29 is 0 Å². The molecule has 1 aromatic heterocycles. The number of pyridine rings is 1. The zero-order chi connectivity index (χ0) is 12.6. The Balaban J connectivity index is 2.62. The molecule has 1 aromatic rings. The number of hydrogen-bond donors (Lipinski definition) is 0. The van der Waals surface area contributed by atoms with Gasteiger partial charge in [0.2, 0.25) is 0 Å². The molecule has 2 rings (SSSR count). The number of hydrogen-bond acceptors (Lipinski definition) is 1. The molecule has 1 unspecified atom stereocenters. The maximum absolute atomic E-state index is 4.93. The number of aryl methyl sites for hydroxylation is 1. The third kappa shape index (κ3) is 2.12. The number of rotatable bonds is 3. The minimum atomic E-state index is 0.545. The molecule has 0 amide bonds. The van der Waals surface area contributed by atoms with Crippen molar-refractivity contribution in [3.63, 3.8) is 0 Å². The van der Waals surface area contributed by atoms with Gasteiger partial charge in [0.1, 0.15) is 0 Å². The van der Waals surface area contributed by atoms with Crippen molar-refractivity contribution in [2.24, 2.45) is 0 Å². The second-order valence-electron chi connectivity index (χ2n) is 5.78. The van der Waals surface area contributed by atoms with Crippen molar-refractivity contribution >= 4 is 0 Å². The molecule has 0 saturated carbocycles. The summed E-state index contributed by atoms with van der Waals surface area (Å²) in [5.41, 5.74) is 7.41. The van der Waals surface area contributed by atoms with Crippen LogP contribution in [0.25, 0.3) is 0 Å². The monoisotopic (exact) mass is 231 g/mol. The molecule has 0 aliphatic heterocycles. The van der Waals surface area contributed by atoms with Gasteiger partial charge < -0.3 is 0 Å². The first-order valence-corrected chi connectivity index (χ1v) is 7.08. The van der Waals surface area contributed by atoms with Crippen LogP contribution in [0, 0.1) is 6.92 Å². The van der Waals surface area contributed by atoms with Crippen LogP contribution in [0.3, 0.4) is 0 Å². The van der Waals surface area contributed by atoms with Gasteiger partial charge in [-0.05, 0) is 61.1 Å². The Morgan fingerprint density at radius 3 is 2.47 bits per heavy atom. The summed E-state index contributed by atoms with van der Waals surface area (Å²) >= 11 is 0. The SMILES string of the molecule is CCC(C)c1c(C)c(C(C)C)nc2c1CCC2. The highest BCUT2D eigenvalue weighted by atomic mass is 14.7. The van der Waals surface area contributed by atoms with E-state index in [0.717, 1.165) is 0 Å². The van der Waals surface area contributed by atoms with Crippen LogP contribution in [-0.4, -0.2) is 4.98 Å². The predicted octanol–water partition coefficient (Wildman–Crippen LogP) is 4.52. The van der Waals surface area contributed by atoms with Crippen LogP contribution in [0.15, 0.2) is 0 Å². The van der Waals surface area contributed by atoms with Gasteiger partial charge in [-0.25, -0.2) is 0 Å². The molecule has 94 valence electrons. The van der Waals surface area contributed by atoms with E-state index >= 15 is 0 Å². The maximum atomic E-state index is 4.93. The Morgan fingerprint density at radius 2 is 1.88 bits per heavy atom. The Hall–Kier alpha value is -0.850. The van der Waals surface area contributed by atoms with Crippen molar-refractivity contribution in [3.8, 4) is 0 Å². The molecule has 1 aliphatic carbocycles. The second kappa shape index (κ2) is 4.80. The normalized spacial score (nSPS) is 16.4. The minimum absolute atomic E-state index is 0.545. The fourth-order valence-corrected chi connectivity index (χ4v) is 3.17. The van der Waals surface area contributed by atoms with Gasteiger partial charge in [-0.3, -0.25) is 4.98 Å². The fourth-order valence-electron chi connectivity index (χ4n) is 3.17. The fraction of sp³-hybridized carbons (Fsp3) is 0.688. The lowest BCUT2D eigenvalue weighted by atomic mass is 9.87. The van der Waals surface area contributed by atoms with Crippen molar-refractivity contribution in [2.75, 3.05) is 0 Å². The highest BCUT2D eigenvalue weighted by Crippen LogP contribution is 2.35. The largest absolute Gasteiger partial charge is 0.257 e. The second-order valence-corrected chi connectivity index (χ2v) is 5.78. The Kier molecular flexibility index (Phi) is 3.56. The highest BCUT2D eigenvalue weighted by molar-refractivity contribution is 5.45. The van der Waals surface area contributed by atoms with Crippen molar-refractivity contribution in [3.05, 3.63) is 28.1 Å². The average Bonchev–Trinajstić information content (AvgIpc) is 2.74. The van der Waals surface area contributed by atoms with E-state index in [1.807, 2.05) is 0 Å². The third-order valence-electron chi connectivity index (χ3n) is 4.21. The first-order chi connectivity index (χ1) is 8.06. The van der Waals surface area contributed by atoms with E-state index in [-0.39, 0.29) is 0 Å². The molecule has 1 atom stereocenters. The molecular formula is C16H25N. The predicted molar refractivity (Wildman–Crippen MR) is 73.8 cm³/mol. The molecule has 17 heavy (non-hydrogen) atoms. The zero-order valence-corrected chi connectivity index (χ0v) is 11.9. The quantitative estimate of drug-likeness (QED) is 0.745. The molecule has 0 fully saturated rings. The van der Waals surface area contributed by atoms with E-state index < -0.39 is 0 Å².